The third kappa shape index (κ3) is 3.32. The minimum atomic E-state index is -2.64. The van der Waals surface area contributed by atoms with Gasteiger partial charge in [-0.2, -0.15) is 8.78 Å². The van der Waals surface area contributed by atoms with E-state index >= 15 is 0 Å². The molecule has 5 nitrogen and oxygen atoms in total. The predicted octanol–water partition coefficient (Wildman–Crippen LogP) is 5.00. The van der Waals surface area contributed by atoms with Crippen LogP contribution in [0, 0.1) is 0 Å². The molecule has 2 heterocycles. The van der Waals surface area contributed by atoms with Crippen molar-refractivity contribution in [1.82, 2.24) is 24.3 Å². The second-order valence-corrected chi connectivity index (χ2v) is 6.81. The predicted molar refractivity (Wildman–Crippen MR) is 102 cm³/mol. The van der Waals surface area contributed by atoms with Gasteiger partial charge >= 0.3 is 6.55 Å². The van der Waals surface area contributed by atoms with Gasteiger partial charge in [-0.15, -0.1) is 10.2 Å². The minimum absolute atomic E-state index is 0.284. The first kappa shape index (κ1) is 17.7. The van der Waals surface area contributed by atoms with E-state index in [0.29, 0.717) is 28.6 Å². The molecule has 0 fully saturated rings. The topological polar surface area (TPSA) is 48.5 Å². The van der Waals surface area contributed by atoms with E-state index in [1.165, 1.54) is 11.8 Å². The number of aromatic nitrogens is 5. The van der Waals surface area contributed by atoms with Crippen LogP contribution in [0.3, 0.4) is 0 Å². The van der Waals surface area contributed by atoms with Crippen LogP contribution in [0.4, 0.5) is 8.78 Å². The third-order valence-corrected chi connectivity index (χ3v) is 5.22. The number of imidazole rings is 1. The lowest BCUT2D eigenvalue weighted by atomic mass is 10.2. The maximum absolute atomic E-state index is 13.6. The first-order chi connectivity index (χ1) is 13.2. The molecule has 0 N–H and O–H groups in total. The minimum Gasteiger partial charge on any atom is -0.302 e. The van der Waals surface area contributed by atoms with Gasteiger partial charge < -0.3 is 4.57 Å². The summed E-state index contributed by atoms with van der Waals surface area (Å²) in [5.41, 5.74) is 1.97. The number of fused-ring (bicyclic) bond motifs is 1. The molecule has 2 aromatic carbocycles. The molecule has 8 heteroatoms. The van der Waals surface area contributed by atoms with Crippen LogP contribution in [0.15, 0.2) is 59.8 Å². The summed E-state index contributed by atoms with van der Waals surface area (Å²) in [6, 6.07) is 16.7. The Kier molecular flexibility index (Phi) is 4.89. The Morgan fingerprint density at radius 3 is 2.48 bits per heavy atom. The highest BCUT2D eigenvalue weighted by Crippen LogP contribution is 2.29. The molecule has 0 bridgehead atoms. The Bertz CT molecular complexity index is 1060. The molecule has 4 aromatic rings. The van der Waals surface area contributed by atoms with E-state index in [1.54, 1.807) is 24.3 Å². The van der Waals surface area contributed by atoms with Gasteiger partial charge in [-0.3, -0.25) is 4.57 Å². The lowest BCUT2D eigenvalue weighted by Gasteiger charge is -2.09. The van der Waals surface area contributed by atoms with Gasteiger partial charge in [0.25, 0.3) is 0 Å². The van der Waals surface area contributed by atoms with Crippen molar-refractivity contribution in [2.24, 2.45) is 0 Å². The van der Waals surface area contributed by atoms with Crippen LogP contribution >= 0.6 is 11.8 Å². The number of nitrogens with zero attached hydrogens (tertiary/aromatic N) is 5. The average molecular weight is 385 g/mol. The van der Waals surface area contributed by atoms with Gasteiger partial charge in [0, 0.05) is 12.1 Å². The summed E-state index contributed by atoms with van der Waals surface area (Å²) in [5.74, 6) is 1.37. The van der Waals surface area contributed by atoms with E-state index in [4.69, 9.17) is 0 Å². The second-order valence-electron chi connectivity index (χ2n) is 5.87. The molecule has 0 amide bonds. The number of rotatable bonds is 6. The highest BCUT2D eigenvalue weighted by atomic mass is 32.2. The zero-order valence-corrected chi connectivity index (χ0v) is 15.4. The summed E-state index contributed by atoms with van der Waals surface area (Å²) >= 11 is 1.36. The normalized spacial score (nSPS) is 11.6. The molecule has 0 aliphatic heterocycles. The van der Waals surface area contributed by atoms with Gasteiger partial charge in [-0.25, -0.2) is 4.98 Å². The van der Waals surface area contributed by atoms with Crippen molar-refractivity contribution in [1.29, 1.82) is 0 Å². The third-order valence-electron chi connectivity index (χ3n) is 4.26. The lowest BCUT2D eigenvalue weighted by molar-refractivity contribution is 0.0722. The van der Waals surface area contributed by atoms with Crippen molar-refractivity contribution in [3.8, 4) is 11.4 Å². The van der Waals surface area contributed by atoms with E-state index in [0.717, 1.165) is 16.0 Å². The smallest absolute Gasteiger partial charge is 0.302 e. The number of halogens is 2. The summed E-state index contributed by atoms with van der Waals surface area (Å²) in [5, 5.41) is 9.23. The van der Waals surface area contributed by atoms with Gasteiger partial charge in [-0.05, 0) is 19.1 Å². The SMILES string of the molecule is CCn1c(SCc2nc3ccccc3n2C(F)F)nnc1-c1ccccc1. The molecule has 0 saturated carbocycles. The van der Waals surface area contributed by atoms with Crippen molar-refractivity contribution < 1.29 is 8.78 Å². The molecule has 0 aliphatic rings. The van der Waals surface area contributed by atoms with Crippen LogP contribution in [0.25, 0.3) is 22.4 Å². The molecule has 4 rings (SSSR count). The van der Waals surface area contributed by atoms with Crippen LogP contribution in [0.1, 0.15) is 19.3 Å². The largest absolute Gasteiger partial charge is 0.320 e. The summed E-state index contributed by atoms with van der Waals surface area (Å²) < 4.78 is 30.1. The standard InChI is InChI=1S/C19H17F2N5S/c1-2-25-17(13-8-4-3-5-9-13)23-24-19(25)27-12-16-22-14-10-6-7-11-15(14)26(16)18(20)21/h3-11,18H,2,12H2,1H3. The molecule has 0 spiro atoms. The molecule has 2 aromatic heterocycles. The van der Waals surface area contributed by atoms with E-state index < -0.39 is 6.55 Å². The van der Waals surface area contributed by atoms with Crippen molar-refractivity contribution in [2.45, 2.75) is 30.9 Å². The number of hydrogen-bond acceptors (Lipinski definition) is 4. The van der Waals surface area contributed by atoms with Crippen LogP contribution in [-0.2, 0) is 12.3 Å². The van der Waals surface area contributed by atoms with E-state index in [9.17, 15) is 8.78 Å². The fourth-order valence-electron chi connectivity index (χ4n) is 3.02. The first-order valence-corrected chi connectivity index (χ1v) is 9.53. The fourth-order valence-corrected chi connectivity index (χ4v) is 3.96. The quantitative estimate of drug-likeness (QED) is 0.438. The zero-order chi connectivity index (χ0) is 18.8. The Morgan fingerprint density at radius 2 is 1.74 bits per heavy atom. The number of para-hydroxylation sites is 2. The van der Waals surface area contributed by atoms with Crippen LogP contribution in [0.2, 0.25) is 0 Å². The van der Waals surface area contributed by atoms with Crippen molar-refractivity contribution >= 4 is 22.8 Å². The molecular weight excluding hydrogens is 368 g/mol. The van der Waals surface area contributed by atoms with Gasteiger partial charge in [0.05, 0.1) is 16.8 Å². The number of benzene rings is 2. The maximum Gasteiger partial charge on any atom is 0.320 e. The first-order valence-electron chi connectivity index (χ1n) is 8.54. The second kappa shape index (κ2) is 7.48. The highest BCUT2D eigenvalue weighted by Gasteiger charge is 2.19. The monoisotopic (exact) mass is 385 g/mol. The molecule has 138 valence electrons. The van der Waals surface area contributed by atoms with Crippen molar-refractivity contribution in [3.63, 3.8) is 0 Å². The van der Waals surface area contributed by atoms with E-state index in [1.807, 2.05) is 41.8 Å². The van der Waals surface area contributed by atoms with Crippen molar-refractivity contribution in [3.05, 3.63) is 60.4 Å². The zero-order valence-electron chi connectivity index (χ0n) is 14.6. The van der Waals surface area contributed by atoms with Crippen molar-refractivity contribution in [2.75, 3.05) is 0 Å². The van der Waals surface area contributed by atoms with Gasteiger partial charge in [0.2, 0.25) is 0 Å². The summed E-state index contributed by atoms with van der Waals surface area (Å²) in [7, 11) is 0. The molecule has 0 saturated heterocycles. The summed E-state index contributed by atoms with van der Waals surface area (Å²) in [4.78, 5) is 4.37. The molecule has 27 heavy (non-hydrogen) atoms. The summed E-state index contributed by atoms with van der Waals surface area (Å²) in [6.45, 7) is 0.0518. The van der Waals surface area contributed by atoms with Crippen LogP contribution in [0.5, 0.6) is 0 Å². The fraction of sp³-hybridized carbons (Fsp3) is 0.211. The average Bonchev–Trinajstić information content (AvgIpc) is 3.27. The Morgan fingerprint density at radius 1 is 1.00 bits per heavy atom. The maximum atomic E-state index is 13.6. The van der Waals surface area contributed by atoms with Gasteiger partial charge in [-0.1, -0.05) is 54.2 Å². The Labute approximate surface area is 159 Å². The number of thioether (sulfide) groups is 1. The molecule has 0 unspecified atom stereocenters. The Balaban J connectivity index is 1.64. The molecule has 0 radical (unpaired) electrons. The highest BCUT2D eigenvalue weighted by molar-refractivity contribution is 7.98. The van der Waals surface area contributed by atoms with Gasteiger partial charge in [0.15, 0.2) is 11.0 Å². The Hall–Kier alpha value is -2.74. The molecule has 0 atom stereocenters. The summed E-state index contributed by atoms with van der Waals surface area (Å²) in [6.07, 6.45) is 0. The van der Waals surface area contributed by atoms with Gasteiger partial charge in [0.1, 0.15) is 5.82 Å². The van der Waals surface area contributed by atoms with Crippen LogP contribution < -0.4 is 0 Å². The van der Waals surface area contributed by atoms with Crippen LogP contribution in [-0.4, -0.2) is 24.3 Å². The van der Waals surface area contributed by atoms with E-state index in [-0.39, 0.29) is 5.75 Å². The number of alkyl halides is 2. The van der Waals surface area contributed by atoms with E-state index in [2.05, 4.69) is 15.2 Å². The number of hydrogen-bond donors (Lipinski definition) is 0. The molecular formula is C19H17F2N5S. The lowest BCUT2D eigenvalue weighted by Crippen LogP contribution is -2.04. The molecule has 0 aliphatic carbocycles.